The summed E-state index contributed by atoms with van der Waals surface area (Å²) >= 11 is 0. The smallest absolute Gasteiger partial charge is 0.259 e. The molecule has 0 spiro atoms. The lowest BCUT2D eigenvalue weighted by molar-refractivity contribution is -0.140. The summed E-state index contributed by atoms with van der Waals surface area (Å²) in [5, 5.41) is 4.87. The third-order valence-corrected chi connectivity index (χ3v) is 7.09. The van der Waals surface area contributed by atoms with Gasteiger partial charge in [0.05, 0.1) is 5.69 Å². The largest absolute Gasteiger partial charge is 0.354 e. The van der Waals surface area contributed by atoms with Crippen LogP contribution in [-0.2, 0) is 22.6 Å². The molecule has 0 radical (unpaired) electrons. The van der Waals surface area contributed by atoms with Crippen LogP contribution in [0.4, 0.5) is 5.69 Å². The maximum atomic E-state index is 14.1. The zero-order chi connectivity index (χ0) is 27.4. The maximum Gasteiger partial charge on any atom is 0.259 e. The zero-order valence-corrected chi connectivity index (χ0v) is 22.3. The predicted octanol–water partition coefficient (Wildman–Crippen LogP) is 5.21. The number of nitrogens with one attached hydrogen (secondary N) is 1. The summed E-state index contributed by atoms with van der Waals surface area (Å²) in [4.78, 5) is 44.4. The molecule has 0 saturated heterocycles. The molecule has 1 N–H and O–H groups in total. The quantitative estimate of drug-likeness (QED) is 0.313. The van der Waals surface area contributed by atoms with Gasteiger partial charge in [-0.1, -0.05) is 98.8 Å². The van der Waals surface area contributed by atoms with Gasteiger partial charge in [0.25, 0.3) is 5.91 Å². The molecule has 0 aliphatic carbocycles. The number of carbonyl (C=O) groups is 3. The van der Waals surface area contributed by atoms with E-state index in [4.69, 9.17) is 0 Å². The molecule has 1 heterocycles. The van der Waals surface area contributed by atoms with Gasteiger partial charge in [-0.3, -0.25) is 19.3 Å². The van der Waals surface area contributed by atoms with Gasteiger partial charge in [0, 0.05) is 30.5 Å². The van der Waals surface area contributed by atoms with Gasteiger partial charge in [0.15, 0.2) is 0 Å². The minimum absolute atomic E-state index is 0.151. The number of benzene rings is 4. The molecular weight excluding hydrogens is 486 g/mol. The van der Waals surface area contributed by atoms with E-state index in [2.05, 4.69) is 5.32 Å². The number of hydrogen-bond donors (Lipinski definition) is 1. The molecule has 1 aliphatic rings. The molecule has 0 unspecified atom stereocenters. The van der Waals surface area contributed by atoms with Gasteiger partial charge < -0.3 is 10.2 Å². The van der Waals surface area contributed by atoms with E-state index in [1.54, 1.807) is 15.9 Å². The zero-order valence-electron chi connectivity index (χ0n) is 22.3. The van der Waals surface area contributed by atoms with Crippen LogP contribution in [0.3, 0.4) is 0 Å². The fourth-order valence-electron chi connectivity index (χ4n) is 5.12. The van der Waals surface area contributed by atoms with Crippen molar-refractivity contribution in [1.82, 2.24) is 10.2 Å². The fraction of sp³-hybridized carbons (Fsp3) is 0.242. The Kier molecular flexibility index (Phi) is 7.73. The summed E-state index contributed by atoms with van der Waals surface area (Å²) in [6.45, 7) is 4.69. The van der Waals surface area contributed by atoms with Gasteiger partial charge in [0.1, 0.15) is 12.6 Å². The number of carbonyl (C=O) groups excluding carboxylic acids is 3. The lowest BCUT2D eigenvalue weighted by Crippen LogP contribution is -2.53. The van der Waals surface area contributed by atoms with Crippen molar-refractivity contribution in [3.63, 3.8) is 0 Å². The van der Waals surface area contributed by atoms with E-state index in [0.717, 1.165) is 27.6 Å². The van der Waals surface area contributed by atoms with Crippen molar-refractivity contribution in [2.24, 2.45) is 5.92 Å². The van der Waals surface area contributed by atoms with Crippen LogP contribution >= 0.6 is 0 Å². The van der Waals surface area contributed by atoms with Crippen molar-refractivity contribution in [1.29, 1.82) is 0 Å². The number of anilines is 1. The average molecular weight is 520 g/mol. The second kappa shape index (κ2) is 11.5. The van der Waals surface area contributed by atoms with Crippen LogP contribution in [0.15, 0.2) is 97.1 Å². The second-order valence-electron chi connectivity index (χ2n) is 10.4. The van der Waals surface area contributed by atoms with Crippen molar-refractivity contribution in [3.8, 4) is 0 Å². The van der Waals surface area contributed by atoms with Gasteiger partial charge in [-0.05, 0) is 34.6 Å². The molecule has 39 heavy (non-hydrogen) atoms. The van der Waals surface area contributed by atoms with E-state index < -0.39 is 6.04 Å². The van der Waals surface area contributed by atoms with E-state index in [-0.39, 0.29) is 36.7 Å². The molecule has 0 fully saturated rings. The Balaban J connectivity index is 1.49. The molecule has 1 aliphatic heterocycles. The maximum absolute atomic E-state index is 14.1. The minimum Gasteiger partial charge on any atom is -0.354 e. The minimum atomic E-state index is -0.741. The first-order valence-corrected chi connectivity index (χ1v) is 13.4. The summed E-state index contributed by atoms with van der Waals surface area (Å²) in [5.74, 6) is -0.405. The topological polar surface area (TPSA) is 69.7 Å². The number of hydrogen-bond acceptors (Lipinski definition) is 3. The highest BCUT2D eigenvalue weighted by atomic mass is 16.2. The van der Waals surface area contributed by atoms with Crippen LogP contribution in [0.1, 0.15) is 35.3 Å². The summed E-state index contributed by atoms with van der Waals surface area (Å²) in [6, 6.07) is 30.0. The normalized spacial score (nSPS) is 13.1. The molecular formula is C33H33N3O3. The van der Waals surface area contributed by atoms with Crippen LogP contribution in [0.5, 0.6) is 0 Å². The standard InChI is InChI=1S/C33H33N3O3/c1-23(2)20-34-32(38)29(19-24-11-5-3-6-12-24)35(21-25-13-7-4-8-14-25)30(37)22-36-28-18-10-16-26-15-9-17-27(31(26)28)33(36)39/h3-18,23,29H,19-22H2,1-2H3,(H,34,38)/t29-/m1/s1. The lowest BCUT2D eigenvalue weighted by atomic mass is 10.0. The SMILES string of the molecule is CC(C)CNC(=O)[C@@H](Cc1ccccc1)N(Cc1ccccc1)C(=O)CN1C(=O)c2cccc3cccc1c23. The van der Waals surface area contributed by atoms with Crippen molar-refractivity contribution < 1.29 is 14.4 Å². The Bertz CT molecular complexity index is 1480. The van der Waals surface area contributed by atoms with Crippen molar-refractivity contribution in [2.75, 3.05) is 18.0 Å². The first-order chi connectivity index (χ1) is 18.9. The van der Waals surface area contributed by atoms with Gasteiger partial charge in [-0.25, -0.2) is 0 Å². The summed E-state index contributed by atoms with van der Waals surface area (Å²) in [5.41, 5.74) is 3.20. The summed E-state index contributed by atoms with van der Waals surface area (Å²) < 4.78 is 0. The van der Waals surface area contributed by atoms with Crippen LogP contribution < -0.4 is 10.2 Å². The van der Waals surface area contributed by atoms with Gasteiger partial charge in [0.2, 0.25) is 11.8 Å². The summed E-state index contributed by atoms with van der Waals surface area (Å²) in [6.07, 6.45) is 0.368. The van der Waals surface area contributed by atoms with E-state index in [1.165, 1.54) is 0 Å². The lowest BCUT2D eigenvalue weighted by Gasteiger charge is -2.33. The van der Waals surface area contributed by atoms with Crippen molar-refractivity contribution in [3.05, 3.63) is 114 Å². The van der Waals surface area contributed by atoms with Crippen molar-refractivity contribution >= 4 is 34.2 Å². The molecule has 1 atom stereocenters. The monoisotopic (exact) mass is 519 g/mol. The van der Waals surface area contributed by atoms with Gasteiger partial charge in [-0.15, -0.1) is 0 Å². The Morgan fingerprint density at radius 1 is 0.821 bits per heavy atom. The first-order valence-electron chi connectivity index (χ1n) is 13.4. The predicted molar refractivity (Wildman–Crippen MR) is 154 cm³/mol. The Labute approximate surface area is 229 Å². The third kappa shape index (κ3) is 5.70. The molecule has 6 nitrogen and oxygen atoms in total. The van der Waals surface area contributed by atoms with Crippen LogP contribution in [0.2, 0.25) is 0 Å². The van der Waals surface area contributed by atoms with Gasteiger partial charge >= 0.3 is 0 Å². The Hall–Kier alpha value is -4.45. The van der Waals surface area contributed by atoms with Crippen LogP contribution in [0, 0.1) is 5.92 Å². The van der Waals surface area contributed by atoms with Crippen LogP contribution in [-0.4, -0.2) is 41.8 Å². The molecule has 198 valence electrons. The Morgan fingerprint density at radius 2 is 1.46 bits per heavy atom. The first kappa shape index (κ1) is 26.2. The molecule has 6 heteroatoms. The third-order valence-electron chi connectivity index (χ3n) is 7.09. The number of amides is 3. The fourth-order valence-corrected chi connectivity index (χ4v) is 5.12. The molecule has 5 rings (SSSR count). The number of nitrogens with zero attached hydrogens (tertiary/aromatic N) is 2. The highest BCUT2D eigenvalue weighted by molar-refractivity contribution is 6.26. The molecule has 3 amide bonds. The highest BCUT2D eigenvalue weighted by Crippen LogP contribution is 2.37. The van der Waals surface area contributed by atoms with E-state index in [1.807, 2.05) is 105 Å². The number of rotatable bonds is 10. The molecule has 0 bridgehead atoms. The van der Waals surface area contributed by atoms with E-state index in [0.29, 0.717) is 18.5 Å². The van der Waals surface area contributed by atoms with Crippen molar-refractivity contribution in [2.45, 2.75) is 32.9 Å². The highest BCUT2D eigenvalue weighted by Gasteiger charge is 2.35. The van der Waals surface area contributed by atoms with Gasteiger partial charge in [-0.2, -0.15) is 0 Å². The molecule has 4 aromatic carbocycles. The van der Waals surface area contributed by atoms with Crippen LogP contribution in [0.25, 0.3) is 10.8 Å². The molecule has 0 saturated carbocycles. The Morgan fingerprint density at radius 3 is 2.13 bits per heavy atom. The molecule has 4 aromatic rings. The van der Waals surface area contributed by atoms with E-state index in [9.17, 15) is 14.4 Å². The average Bonchev–Trinajstić information content (AvgIpc) is 3.22. The molecule has 0 aromatic heterocycles. The van der Waals surface area contributed by atoms with E-state index >= 15 is 0 Å². The summed E-state index contributed by atoms with van der Waals surface area (Å²) in [7, 11) is 0. The second-order valence-corrected chi connectivity index (χ2v) is 10.4.